The fourth-order valence-electron chi connectivity index (χ4n) is 2.17. The maximum atomic E-state index is 11.6. The van der Waals surface area contributed by atoms with E-state index in [1.165, 1.54) is 0 Å². The van der Waals surface area contributed by atoms with Gasteiger partial charge in [0.05, 0.1) is 21.8 Å². The van der Waals surface area contributed by atoms with Crippen molar-refractivity contribution in [3.05, 3.63) is 29.0 Å². The highest BCUT2D eigenvalue weighted by Crippen LogP contribution is 2.28. The molecule has 0 fully saturated rings. The fraction of sp³-hybridized carbons (Fsp3) is 0.267. The summed E-state index contributed by atoms with van der Waals surface area (Å²) in [5.74, 6) is 0.437. The summed E-state index contributed by atoms with van der Waals surface area (Å²) in [6, 6.07) is 3.19. The topological polar surface area (TPSA) is 92.7 Å². The van der Waals surface area contributed by atoms with Crippen LogP contribution in [0.1, 0.15) is 17.6 Å². The maximum Gasteiger partial charge on any atom is 0.320 e. The molecule has 3 aromatic rings. The van der Waals surface area contributed by atoms with Crippen molar-refractivity contribution in [3.8, 4) is 10.6 Å². The van der Waals surface area contributed by atoms with Gasteiger partial charge in [0.1, 0.15) is 17.0 Å². The van der Waals surface area contributed by atoms with Crippen LogP contribution in [-0.4, -0.2) is 32.5 Å². The molecule has 0 aliphatic heterocycles. The van der Waals surface area contributed by atoms with E-state index in [2.05, 4.69) is 30.6 Å². The van der Waals surface area contributed by atoms with Gasteiger partial charge in [0.2, 0.25) is 0 Å². The zero-order valence-corrected chi connectivity index (χ0v) is 13.9. The van der Waals surface area contributed by atoms with Gasteiger partial charge in [-0.1, -0.05) is 0 Å². The zero-order chi connectivity index (χ0) is 16.4. The number of nitrogens with one attached hydrogen (secondary N) is 2. The van der Waals surface area contributed by atoms with Crippen LogP contribution < -0.4 is 10.6 Å². The van der Waals surface area contributed by atoms with Crippen molar-refractivity contribution in [2.24, 2.45) is 0 Å². The molecule has 0 bridgehead atoms. The van der Waals surface area contributed by atoms with Gasteiger partial charge in [-0.15, -0.1) is 11.3 Å². The Morgan fingerprint density at radius 2 is 2.04 bits per heavy atom. The third-order valence-corrected chi connectivity index (χ3v) is 4.22. The third-order valence-electron chi connectivity index (χ3n) is 3.12. The maximum absolute atomic E-state index is 11.6. The van der Waals surface area contributed by atoms with E-state index in [0.29, 0.717) is 23.5 Å². The number of anilines is 1. The average Bonchev–Trinajstić information content (AvgIpc) is 2.85. The van der Waals surface area contributed by atoms with Crippen LogP contribution in [0.2, 0.25) is 0 Å². The second-order valence-corrected chi connectivity index (χ2v) is 6.13. The molecule has 0 saturated heterocycles. The van der Waals surface area contributed by atoms with Gasteiger partial charge < -0.3 is 5.32 Å². The Hall–Kier alpha value is -2.61. The molecule has 0 aromatic carbocycles. The third kappa shape index (κ3) is 3.26. The van der Waals surface area contributed by atoms with E-state index in [0.717, 1.165) is 21.3 Å². The number of nitrogens with zero attached hydrogens (tertiary/aromatic N) is 4. The predicted octanol–water partition coefficient (Wildman–Crippen LogP) is 2.91. The average molecular weight is 328 g/mol. The van der Waals surface area contributed by atoms with E-state index in [-0.39, 0.29) is 6.03 Å². The van der Waals surface area contributed by atoms with Gasteiger partial charge in [-0.25, -0.2) is 19.7 Å². The first-order valence-electron chi connectivity index (χ1n) is 7.20. The summed E-state index contributed by atoms with van der Waals surface area (Å²) in [6.45, 7) is 6.31. The number of aromatic nitrogens is 4. The Balaban J connectivity index is 1.97. The first-order valence-corrected chi connectivity index (χ1v) is 8.01. The van der Waals surface area contributed by atoms with Gasteiger partial charge in [-0.05, 0) is 32.9 Å². The second kappa shape index (κ2) is 6.25. The number of carbonyl (C=O) groups is 1. The number of pyridine rings is 1. The minimum atomic E-state index is -0.294. The van der Waals surface area contributed by atoms with Crippen LogP contribution >= 0.6 is 11.3 Å². The summed E-state index contributed by atoms with van der Waals surface area (Å²) >= 11 is 1.58. The highest BCUT2D eigenvalue weighted by molar-refractivity contribution is 7.15. The van der Waals surface area contributed by atoms with Crippen LogP contribution in [0.25, 0.3) is 21.7 Å². The standard InChI is InChI=1S/C15H16N6OS/c1-4-16-15(22)21-12-6-5-10-14(20-12)19-11(7-17-10)13-8(2)18-9(3)23-13/h5-7H,4H2,1-3H3,(H2,16,19,20,21,22). The normalized spacial score (nSPS) is 10.7. The van der Waals surface area contributed by atoms with Gasteiger partial charge in [0, 0.05) is 6.54 Å². The molecule has 3 aromatic heterocycles. The number of hydrogen-bond donors (Lipinski definition) is 2. The molecule has 7 nitrogen and oxygen atoms in total. The molecule has 8 heteroatoms. The summed E-state index contributed by atoms with van der Waals surface area (Å²) in [7, 11) is 0. The van der Waals surface area contributed by atoms with Crippen LogP contribution in [0.4, 0.5) is 10.6 Å². The molecule has 0 aliphatic carbocycles. The van der Waals surface area contributed by atoms with Gasteiger partial charge in [-0.2, -0.15) is 0 Å². The SMILES string of the molecule is CCNC(=O)Nc1ccc2ncc(-c3sc(C)nc3C)nc2n1. The summed E-state index contributed by atoms with van der Waals surface area (Å²) in [6.07, 6.45) is 1.72. The lowest BCUT2D eigenvalue weighted by atomic mass is 10.3. The van der Waals surface area contributed by atoms with Crippen molar-refractivity contribution < 1.29 is 4.79 Å². The minimum absolute atomic E-state index is 0.294. The van der Waals surface area contributed by atoms with Crippen molar-refractivity contribution in [1.29, 1.82) is 0 Å². The zero-order valence-electron chi connectivity index (χ0n) is 13.0. The quantitative estimate of drug-likeness (QED) is 0.771. The van der Waals surface area contributed by atoms with E-state index in [9.17, 15) is 4.79 Å². The Bertz CT molecular complexity index is 876. The van der Waals surface area contributed by atoms with Gasteiger partial charge in [-0.3, -0.25) is 10.3 Å². The molecule has 2 N–H and O–H groups in total. The molecule has 0 radical (unpaired) electrons. The number of carbonyl (C=O) groups excluding carboxylic acids is 1. The number of hydrogen-bond acceptors (Lipinski definition) is 6. The minimum Gasteiger partial charge on any atom is -0.338 e. The second-order valence-electron chi connectivity index (χ2n) is 4.93. The van der Waals surface area contributed by atoms with Crippen molar-refractivity contribution in [2.75, 3.05) is 11.9 Å². The molecule has 3 rings (SSSR count). The molecule has 0 aliphatic rings. The van der Waals surface area contributed by atoms with Crippen LogP contribution in [0.15, 0.2) is 18.3 Å². The van der Waals surface area contributed by atoms with Crippen LogP contribution in [0, 0.1) is 13.8 Å². The molecule has 3 heterocycles. The Morgan fingerprint density at radius 1 is 1.22 bits per heavy atom. The van der Waals surface area contributed by atoms with Gasteiger partial charge in [0.15, 0.2) is 5.65 Å². The van der Waals surface area contributed by atoms with E-state index >= 15 is 0 Å². The molecular formula is C15H16N6OS. The molecule has 0 atom stereocenters. The first-order chi connectivity index (χ1) is 11.1. The van der Waals surface area contributed by atoms with Crippen LogP contribution in [-0.2, 0) is 0 Å². The number of amides is 2. The smallest absolute Gasteiger partial charge is 0.320 e. The summed E-state index contributed by atoms with van der Waals surface area (Å²) in [5.41, 5.74) is 2.83. The van der Waals surface area contributed by atoms with Gasteiger partial charge >= 0.3 is 6.03 Å². The highest BCUT2D eigenvalue weighted by atomic mass is 32.1. The Morgan fingerprint density at radius 3 is 2.74 bits per heavy atom. The summed E-state index contributed by atoms with van der Waals surface area (Å²) < 4.78 is 0. The van der Waals surface area contributed by atoms with Crippen molar-refractivity contribution in [1.82, 2.24) is 25.3 Å². The lowest BCUT2D eigenvalue weighted by Crippen LogP contribution is -2.28. The number of thiazole rings is 1. The predicted molar refractivity (Wildman–Crippen MR) is 90.6 cm³/mol. The molecule has 23 heavy (non-hydrogen) atoms. The van der Waals surface area contributed by atoms with Crippen molar-refractivity contribution in [2.45, 2.75) is 20.8 Å². The number of urea groups is 1. The Labute approximate surface area is 137 Å². The lowest BCUT2D eigenvalue weighted by molar-refractivity contribution is 0.252. The molecule has 2 amide bonds. The summed E-state index contributed by atoms with van der Waals surface area (Å²) in [5, 5.41) is 6.31. The number of rotatable bonds is 3. The van der Waals surface area contributed by atoms with Crippen molar-refractivity contribution in [3.63, 3.8) is 0 Å². The van der Waals surface area contributed by atoms with Gasteiger partial charge in [0.25, 0.3) is 0 Å². The van der Waals surface area contributed by atoms with Crippen molar-refractivity contribution >= 4 is 34.3 Å². The lowest BCUT2D eigenvalue weighted by Gasteiger charge is -2.06. The van der Waals surface area contributed by atoms with Crippen LogP contribution in [0.5, 0.6) is 0 Å². The van der Waals surface area contributed by atoms with E-state index < -0.39 is 0 Å². The first kappa shape index (κ1) is 15.3. The van der Waals surface area contributed by atoms with E-state index in [4.69, 9.17) is 0 Å². The molecular weight excluding hydrogens is 312 g/mol. The fourth-order valence-corrected chi connectivity index (χ4v) is 3.04. The Kier molecular flexibility index (Phi) is 4.16. The molecule has 0 spiro atoms. The summed E-state index contributed by atoms with van der Waals surface area (Å²) in [4.78, 5) is 30.3. The molecule has 0 saturated carbocycles. The number of fused-ring (bicyclic) bond motifs is 1. The van der Waals surface area contributed by atoms with E-state index in [1.54, 1.807) is 29.7 Å². The molecule has 0 unspecified atom stereocenters. The van der Waals surface area contributed by atoms with E-state index in [1.807, 2.05) is 20.8 Å². The van der Waals surface area contributed by atoms with Crippen LogP contribution in [0.3, 0.4) is 0 Å². The number of aryl methyl sites for hydroxylation is 2. The monoisotopic (exact) mass is 328 g/mol. The highest BCUT2D eigenvalue weighted by Gasteiger charge is 2.11. The largest absolute Gasteiger partial charge is 0.338 e. The molecule has 118 valence electrons.